The van der Waals surface area contributed by atoms with Gasteiger partial charge >= 0.3 is 0 Å². The Morgan fingerprint density at radius 1 is 0.848 bits per heavy atom. The lowest BCUT2D eigenvalue weighted by Gasteiger charge is -2.48. The Labute approximate surface area is 211 Å². The maximum Gasteiger partial charge on any atom is 0.0756 e. The zero-order chi connectivity index (χ0) is 22.5. The van der Waals surface area contributed by atoms with Crippen LogP contribution < -0.4 is 5.30 Å². The molecule has 2 aliphatic heterocycles. The number of allylic oxidation sites excluding steroid dienone is 2. The van der Waals surface area contributed by atoms with Crippen molar-refractivity contribution >= 4 is 40.8 Å². The Morgan fingerprint density at radius 2 is 1.52 bits per heavy atom. The molecule has 5 rings (SSSR count). The van der Waals surface area contributed by atoms with Crippen molar-refractivity contribution in [3.8, 4) is 0 Å². The van der Waals surface area contributed by atoms with Gasteiger partial charge in [-0.15, -0.1) is 0 Å². The molecule has 3 aliphatic rings. The monoisotopic (exact) mass is 577 g/mol. The Bertz CT molecular complexity index is 1000. The first-order valence-electron chi connectivity index (χ1n) is 12.1. The lowest BCUT2D eigenvalue weighted by molar-refractivity contribution is 0.0510. The van der Waals surface area contributed by atoms with Crippen LogP contribution in [-0.4, -0.2) is 67.8 Å². The van der Waals surface area contributed by atoms with Gasteiger partial charge in [0.15, 0.2) is 0 Å². The van der Waals surface area contributed by atoms with Crippen molar-refractivity contribution in [2.24, 2.45) is 4.74 Å². The summed E-state index contributed by atoms with van der Waals surface area (Å²) in [4.78, 5) is 2.59. The molecule has 0 aromatic heterocycles. The van der Waals surface area contributed by atoms with Crippen molar-refractivity contribution in [1.82, 2.24) is 9.57 Å². The van der Waals surface area contributed by atoms with Crippen LogP contribution in [-0.2, 0) is 9.47 Å². The van der Waals surface area contributed by atoms with Crippen LogP contribution in [0.3, 0.4) is 0 Å². The molecule has 1 aliphatic carbocycles. The van der Waals surface area contributed by atoms with E-state index in [0.717, 1.165) is 64.7 Å². The Kier molecular flexibility index (Phi) is 7.88. The lowest BCUT2D eigenvalue weighted by atomic mass is 10.0. The van der Waals surface area contributed by atoms with E-state index in [1.54, 1.807) is 0 Å². The third-order valence-corrected chi connectivity index (χ3v) is 11.8. The fraction of sp³-hybridized carbons (Fsp3) is 0.462. The van der Waals surface area contributed by atoms with Gasteiger partial charge in [-0.25, -0.2) is 4.74 Å². The highest BCUT2D eigenvalue weighted by Crippen LogP contribution is 2.63. The minimum absolute atomic E-state index is 0.393. The molecule has 2 aromatic carbocycles. The van der Waals surface area contributed by atoms with E-state index in [2.05, 4.69) is 92.8 Å². The van der Waals surface area contributed by atoms with Gasteiger partial charge in [-0.1, -0.05) is 36.4 Å². The van der Waals surface area contributed by atoms with Crippen LogP contribution in [0.5, 0.6) is 0 Å². The van der Waals surface area contributed by atoms with Gasteiger partial charge in [-0.05, 0) is 66.1 Å². The second kappa shape index (κ2) is 11.0. The summed E-state index contributed by atoms with van der Waals surface area (Å²) < 4.78 is 21.2. The molecule has 5 nitrogen and oxygen atoms in total. The van der Waals surface area contributed by atoms with Crippen molar-refractivity contribution < 1.29 is 9.47 Å². The molecule has 2 unspecified atom stereocenters. The number of rotatable bonds is 5. The number of morpholine rings is 2. The van der Waals surface area contributed by atoms with Crippen molar-refractivity contribution in [1.29, 1.82) is 0 Å². The molecule has 2 heterocycles. The van der Waals surface area contributed by atoms with E-state index in [1.807, 2.05) is 0 Å². The Morgan fingerprint density at radius 3 is 2.21 bits per heavy atom. The third kappa shape index (κ3) is 5.10. The van der Waals surface area contributed by atoms with E-state index in [0.29, 0.717) is 5.66 Å². The van der Waals surface area contributed by atoms with Gasteiger partial charge in [0.25, 0.3) is 0 Å². The quantitative estimate of drug-likeness (QED) is 0.349. The SMILES string of the molecule is Ic1ccc(N=P(c2ccccc2)(C2CCCC=C2N2CCOCC2)N2CCOCC2)cc1. The highest BCUT2D eigenvalue weighted by atomic mass is 127. The first kappa shape index (κ1) is 23.6. The smallest absolute Gasteiger partial charge is 0.0756 e. The second-order valence-corrected chi connectivity index (χ2v) is 13.3. The molecule has 2 aromatic rings. The summed E-state index contributed by atoms with van der Waals surface area (Å²) in [5.74, 6) is 0. The molecular formula is C26H33IN3O2P. The van der Waals surface area contributed by atoms with Gasteiger partial charge in [-0.3, -0.25) is 4.67 Å². The summed E-state index contributed by atoms with van der Waals surface area (Å²) in [5, 5.41) is 1.39. The molecular weight excluding hydrogens is 544 g/mol. The van der Waals surface area contributed by atoms with Gasteiger partial charge in [0.1, 0.15) is 0 Å². The van der Waals surface area contributed by atoms with Crippen LogP contribution in [0.4, 0.5) is 5.69 Å². The first-order valence-corrected chi connectivity index (χ1v) is 14.9. The summed E-state index contributed by atoms with van der Waals surface area (Å²) >= 11 is 2.38. The molecule has 176 valence electrons. The molecule has 7 heteroatoms. The highest BCUT2D eigenvalue weighted by molar-refractivity contribution is 14.1. The Hall–Kier alpha value is -1.18. The van der Waals surface area contributed by atoms with Crippen LogP contribution in [0, 0.1) is 3.57 Å². The summed E-state index contributed by atoms with van der Waals surface area (Å²) in [5.41, 5.74) is 2.98. The minimum Gasteiger partial charge on any atom is -0.379 e. The maximum absolute atomic E-state index is 5.82. The zero-order valence-electron chi connectivity index (χ0n) is 19.1. The molecule has 33 heavy (non-hydrogen) atoms. The topological polar surface area (TPSA) is 37.3 Å². The minimum atomic E-state index is -2.13. The van der Waals surface area contributed by atoms with Crippen molar-refractivity contribution in [2.75, 3.05) is 52.6 Å². The van der Waals surface area contributed by atoms with E-state index in [1.165, 1.54) is 27.4 Å². The predicted molar refractivity (Wildman–Crippen MR) is 145 cm³/mol. The van der Waals surface area contributed by atoms with E-state index in [-0.39, 0.29) is 0 Å². The third-order valence-electron chi connectivity index (χ3n) is 6.84. The van der Waals surface area contributed by atoms with E-state index >= 15 is 0 Å². The molecule has 2 atom stereocenters. The van der Waals surface area contributed by atoms with Crippen molar-refractivity contribution in [3.05, 3.63) is 69.9 Å². The predicted octanol–water partition coefficient (Wildman–Crippen LogP) is 5.47. The van der Waals surface area contributed by atoms with E-state index in [9.17, 15) is 0 Å². The molecule has 0 saturated carbocycles. The van der Waals surface area contributed by atoms with Crippen LogP contribution in [0.1, 0.15) is 19.3 Å². The number of hydrogen-bond acceptors (Lipinski definition) is 4. The lowest BCUT2D eigenvalue weighted by Crippen LogP contribution is -2.45. The summed E-state index contributed by atoms with van der Waals surface area (Å²) in [7, 11) is -2.13. The normalized spacial score (nSPS) is 24.1. The second-order valence-electron chi connectivity index (χ2n) is 8.80. The maximum atomic E-state index is 5.82. The van der Waals surface area contributed by atoms with Crippen molar-refractivity contribution in [3.63, 3.8) is 0 Å². The van der Waals surface area contributed by atoms with E-state index < -0.39 is 7.21 Å². The highest BCUT2D eigenvalue weighted by Gasteiger charge is 2.42. The molecule has 0 radical (unpaired) electrons. The van der Waals surface area contributed by atoms with Crippen LogP contribution in [0.2, 0.25) is 0 Å². The van der Waals surface area contributed by atoms with Crippen LogP contribution in [0.25, 0.3) is 0 Å². The van der Waals surface area contributed by atoms with Gasteiger partial charge in [0.05, 0.1) is 45.0 Å². The number of hydrogen-bond donors (Lipinski definition) is 0. The van der Waals surface area contributed by atoms with Gasteiger partial charge in [0.2, 0.25) is 0 Å². The first-order chi connectivity index (χ1) is 16.3. The summed E-state index contributed by atoms with van der Waals surface area (Å²) in [6.07, 6.45) is 6.07. The molecule has 2 fully saturated rings. The average Bonchev–Trinajstić information content (AvgIpc) is 2.90. The van der Waals surface area contributed by atoms with Crippen molar-refractivity contribution in [2.45, 2.75) is 24.9 Å². The van der Waals surface area contributed by atoms with E-state index in [4.69, 9.17) is 14.2 Å². The fourth-order valence-corrected chi connectivity index (χ4v) is 10.2. The zero-order valence-corrected chi connectivity index (χ0v) is 22.2. The molecule has 0 spiro atoms. The number of halogens is 1. The van der Waals surface area contributed by atoms with Crippen LogP contribution >= 0.6 is 29.8 Å². The summed E-state index contributed by atoms with van der Waals surface area (Å²) in [6, 6.07) is 19.9. The molecule has 2 saturated heterocycles. The van der Waals surface area contributed by atoms with Gasteiger partial charge in [-0.2, -0.15) is 0 Å². The Balaban J connectivity index is 1.72. The van der Waals surface area contributed by atoms with Crippen LogP contribution in [0.15, 0.2) is 71.1 Å². The largest absolute Gasteiger partial charge is 0.379 e. The number of benzene rings is 2. The van der Waals surface area contributed by atoms with Gasteiger partial charge in [0, 0.05) is 40.8 Å². The number of ether oxygens (including phenoxy) is 2. The molecule has 0 N–H and O–H groups in total. The average molecular weight is 577 g/mol. The molecule has 0 amide bonds. The molecule has 0 bridgehead atoms. The summed E-state index contributed by atoms with van der Waals surface area (Å²) in [6.45, 7) is 7.00. The number of nitrogens with zero attached hydrogens (tertiary/aromatic N) is 3. The fourth-order valence-electron chi connectivity index (χ4n) is 5.29. The van der Waals surface area contributed by atoms with Gasteiger partial charge < -0.3 is 14.4 Å². The standard InChI is InChI=1S/C26H33IN3O2P/c27-22-10-12-23(13-11-22)28-33(24-6-2-1-3-7-24,30-16-20-32-21-17-30)26-9-5-4-8-25(26)29-14-18-31-19-15-29/h1-3,6-8,10-13,26H,4-5,9,14-21H2.